The van der Waals surface area contributed by atoms with E-state index in [9.17, 15) is 0 Å². The van der Waals surface area contributed by atoms with E-state index in [1.807, 2.05) is 36.4 Å². The van der Waals surface area contributed by atoms with Crippen molar-refractivity contribution >= 4 is 28.8 Å². The molecule has 0 aliphatic carbocycles. The van der Waals surface area contributed by atoms with Crippen molar-refractivity contribution in [1.82, 2.24) is 0 Å². The summed E-state index contributed by atoms with van der Waals surface area (Å²) in [6.07, 6.45) is 23.4. The Labute approximate surface area is 202 Å². The molecule has 32 heavy (non-hydrogen) atoms. The van der Waals surface area contributed by atoms with Gasteiger partial charge in [-0.1, -0.05) is 139 Å². The number of benzene rings is 2. The third-order valence-corrected chi connectivity index (χ3v) is 6.52. The van der Waals surface area contributed by atoms with Gasteiger partial charge in [0.15, 0.2) is 0 Å². The number of anilines is 1. The van der Waals surface area contributed by atoms with Gasteiger partial charge in [-0.3, -0.25) is 0 Å². The minimum Gasteiger partial charge on any atom is -0.399 e. The summed E-state index contributed by atoms with van der Waals surface area (Å²) < 4.78 is 0. The molecule has 2 rings (SSSR count). The smallest absolute Gasteiger partial charge is 0.0449 e. The molecule has 2 aromatic carbocycles. The molecule has 1 nitrogen and oxygen atoms in total. The normalized spacial score (nSPS) is 11.3. The van der Waals surface area contributed by atoms with Gasteiger partial charge in [-0.2, -0.15) is 0 Å². The standard InChI is InChI=1S/C30H43NS/c1-2-3-4-5-6-7-8-9-10-11-12-13-14-16-26-19-22-28(23-20-26)30(32)24-21-27-17-15-18-29(31)25-27/h15,17-25H,2-14,16,31H2,1H3. The van der Waals surface area contributed by atoms with Gasteiger partial charge < -0.3 is 5.73 Å². The van der Waals surface area contributed by atoms with E-state index in [0.29, 0.717) is 0 Å². The fourth-order valence-electron chi connectivity index (χ4n) is 4.11. The predicted octanol–water partition coefficient (Wildman–Crippen LogP) is 9.33. The Bertz CT molecular complexity index is 791. The van der Waals surface area contributed by atoms with Gasteiger partial charge in [0.2, 0.25) is 0 Å². The molecule has 0 aliphatic heterocycles. The Morgan fingerprint density at radius 2 is 1.31 bits per heavy atom. The number of hydrogen-bond acceptors (Lipinski definition) is 2. The van der Waals surface area contributed by atoms with Gasteiger partial charge in [0.05, 0.1) is 0 Å². The van der Waals surface area contributed by atoms with Crippen LogP contribution in [0.25, 0.3) is 6.08 Å². The van der Waals surface area contributed by atoms with Crippen molar-refractivity contribution in [3.05, 3.63) is 71.3 Å². The SMILES string of the molecule is CCCCCCCCCCCCCCCc1ccc(C(=S)C=Cc2cccc(N)c2)cc1. The molecule has 0 aromatic heterocycles. The van der Waals surface area contributed by atoms with E-state index >= 15 is 0 Å². The highest BCUT2D eigenvalue weighted by molar-refractivity contribution is 7.81. The van der Waals surface area contributed by atoms with Crippen molar-refractivity contribution in [3.63, 3.8) is 0 Å². The van der Waals surface area contributed by atoms with Crippen LogP contribution in [0.2, 0.25) is 0 Å². The summed E-state index contributed by atoms with van der Waals surface area (Å²) in [4.78, 5) is 0.861. The number of nitrogens with two attached hydrogens (primary N) is 1. The van der Waals surface area contributed by atoms with E-state index in [-0.39, 0.29) is 0 Å². The molecule has 2 heteroatoms. The first-order chi connectivity index (χ1) is 15.7. The van der Waals surface area contributed by atoms with Crippen LogP contribution < -0.4 is 5.73 Å². The number of hydrogen-bond donors (Lipinski definition) is 1. The second kappa shape index (κ2) is 16.7. The molecule has 0 heterocycles. The van der Waals surface area contributed by atoms with Gasteiger partial charge in [0, 0.05) is 10.6 Å². The molecular formula is C30H43NS. The highest BCUT2D eigenvalue weighted by atomic mass is 32.1. The number of allylic oxidation sites excluding steroid dienone is 1. The molecule has 0 spiro atoms. The average Bonchev–Trinajstić information content (AvgIpc) is 2.81. The Morgan fingerprint density at radius 3 is 1.88 bits per heavy atom. The summed E-state index contributed by atoms with van der Waals surface area (Å²) in [7, 11) is 0. The zero-order valence-electron chi connectivity index (χ0n) is 20.2. The lowest BCUT2D eigenvalue weighted by Gasteiger charge is -2.05. The van der Waals surface area contributed by atoms with Crippen LogP contribution in [0.15, 0.2) is 54.6 Å². The third kappa shape index (κ3) is 11.6. The minimum atomic E-state index is 0.774. The van der Waals surface area contributed by atoms with E-state index in [1.54, 1.807) is 0 Å². The zero-order valence-corrected chi connectivity index (χ0v) is 21.0. The Kier molecular flexibility index (Phi) is 13.7. The van der Waals surface area contributed by atoms with Crippen molar-refractivity contribution < 1.29 is 0 Å². The number of unbranched alkanes of at least 4 members (excludes halogenated alkanes) is 12. The lowest BCUT2D eigenvalue weighted by molar-refractivity contribution is 0.539. The summed E-state index contributed by atoms with van der Waals surface area (Å²) in [5, 5.41) is 0. The van der Waals surface area contributed by atoms with Crippen LogP contribution in [0.4, 0.5) is 5.69 Å². The van der Waals surface area contributed by atoms with Gasteiger partial charge >= 0.3 is 0 Å². The quantitative estimate of drug-likeness (QED) is 0.0855. The van der Waals surface area contributed by atoms with E-state index in [4.69, 9.17) is 18.0 Å². The van der Waals surface area contributed by atoms with E-state index in [0.717, 1.165) is 21.7 Å². The first kappa shape index (κ1) is 26.3. The van der Waals surface area contributed by atoms with Crippen LogP contribution in [0, 0.1) is 0 Å². The number of thiocarbonyl (C=S) groups is 1. The van der Waals surface area contributed by atoms with Crippen LogP contribution in [-0.2, 0) is 6.42 Å². The van der Waals surface area contributed by atoms with Crippen LogP contribution >= 0.6 is 12.2 Å². The second-order valence-corrected chi connectivity index (χ2v) is 9.50. The van der Waals surface area contributed by atoms with Gasteiger partial charge in [-0.25, -0.2) is 0 Å². The highest BCUT2D eigenvalue weighted by Gasteiger charge is 2.00. The molecule has 0 fully saturated rings. The maximum atomic E-state index is 5.83. The van der Waals surface area contributed by atoms with Crippen LogP contribution in [-0.4, -0.2) is 4.86 Å². The molecule has 0 saturated carbocycles. The molecule has 2 aromatic rings. The molecule has 0 saturated heterocycles. The number of aryl methyl sites for hydroxylation is 1. The predicted molar refractivity (Wildman–Crippen MR) is 147 cm³/mol. The summed E-state index contributed by atoms with van der Waals surface area (Å²) in [6, 6.07) is 16.6. The van der Waals surface area contributed by atoms with Crippen LogP contribution in [0.3, 0.4) is 0 Å². The maximum Gasteiger partial charge on any atom is 0.0449 e. The number of nitrogen functional groups attached to an aromatic ring is 1. The molecule has 0 amide bonds. The van der Waals surface area contributed by atoms with E-state index < -0.39 is 0 Å². The number of rotatable bonds is 17. The lowest BCUT2D eigenvalue weighted by atomic mass is 10.0. The maximum absolute atomic E-state index is 5.83. The van der Waals surface area contributed by atoms with Crippen molar-refractivity contribution in [1.29, 1.82) is 0 Å². The van der Waals surface area contributed by atoms with E-state index in [1.165, 1.54) is 95.5 Å². The Morgan fingerprint density at radius 1 is 0.750 bits per heavy atom. The van der Waals surface area contributed by atoms with Crippen LogP contribution in [0.1, 0.15) is 107 Å². The Balaban J connectivity index is 1.53. The molecule has 2 N–H and O–H groups in total. The zero-order chi connectivity index (χ0) is 22.9. The molecule has 174 valence electrons. The summed E-state index contributed by atoms with van der Waals surface area (Å²) in [5.74, 6) is 0. The molecular weight excluding hydrogens is 406 g/mol. The first-order valence-corrected chi connectivity index (χ1v) is 13.3. The molecule has 0 radical (unpaired) electrons. The topological polar surface area (TPSA) is 26.0 Å². The Hall–Kier alpha value is -1.93. The van der Waals surface area contributed by atoms with Crippen molar-refractivity contribution in [3.8, 4) is 0 Å². The third-order valence-electron chi connectivity index (χ3n) is 6.15. The monoisotopic (exact) mass is 449 g/mol. The molecule has 0 atom stereocenters. The second-order valence-electron chi connectivity index (χ2n) is 9.06. The lowest BCUT2D eigenvalue weighted by Crippen LogP contribution is -1.94. The van der Waals surface area contributed by atoms with Gasteiger partial charge in [-0.05, 0) is 47.7 Å². The largest absolute Gasteiger partial charge is 0.399 e. The van der Waals surface area contributed by atoms with Crippen LogP contribution in [0.5, 0.6) is 0 Å². The molecule has 0 unspecified atom stereocenters. The molecule has 0 aliphatic rings. The minimum absolute atomic E-state index is 0.774. The van der Waals surface area contributed by atoms with Gasteiger partial charge in [0.1, 0.15) is 0 Å². The fraction of sp³-hybridized carbons (Fsp3) is 0.500. The summed E-state index contributed by atoms with van der Waals surface area (Å²) in [5.41, 5.74) is 10.2. The highest BCUT2D eigenvalue weighted by Crippen LogP contribution is 2.15. The van der Waals surface area contributed by atoms with Crippen molar-refractivity contribution in [2.45, 2.75) is 96.8 Å². The van der Waals surface area contributed by atoms with Crippen molar-refractivity contribution in [2.75, 3.05) is 5.73 Å². The van der Waals surface area contributed by atoms with Crippen molar-refractivity contribution in [2.24, 2.45) is 0 Å². The molecule has 0 bridgehead atoms. The first-order valence-electron chi connectivity index (χ1n) is 12.9. The summed E-state index contributed by atoms with van der Waals surface area (Å²) in [6.45, 7) is 2.29. The van der Waals surface area contributed by atoms with Gasteiger partial charge in [-0.15, -0.1) is 0 Å². The fourth-order valence-corrected chi connectivity index (χ4v) is 4.32. The summed E-state index contributed by atoms with van der Waals surface area (Å²) >= 11 is 5.57. The average molecular weight is 450 g/mol. The van der Waals surface area contributed by atoms with Gasteiger partial charge in [0.25, 0.3) is 0 Å². The van der Waals surface area contributed by atoms with E-state index in [2.05, 4.69) is 31.2 Å².